The van der Waals surface area contributed by atoms with Crippen LogP contribution in [-0.2, 0) is 6.54 Å². The number of nitrogens with zero attached hydrogens (tertiary/aromatic N) is 1. The topological polar surface area (TPSA) is 43.4 Å². The van der Waals surface area contributed by atoms with Gasteiger partial charge in [-0.05, 0) is 30.7 Å². The maximum Gasteiger partial charge on any atom is 0.150 e. The first kappa shape index (κ1) is 15.3. The molecule has 21 heavy (non-hydrogen) atoms. The number of nitrogens with one attached hydrogen (secondary N) is 1. The van der Waals surface area contributed by atoms with Crippen LogP contribution in [0.1, 0.15) is 19.4 Å². The van der Waals surface area contributed by atoms with Crippen LogP contribution in [0.25, 0.3) is 0 Å². The van der Waals surface area contributed by atoms with Crippen molar-refractivity contribution in [1.29, 1.82) is 0 Å². The lowest BCUT2D eigenvalue weighted by atomic mass is 10.2. The summed E-state index contributed by atoms with van der Waals surface area (Å²) in [6.45, 7) is 6.11. The molecule has 0 aliphatic carbocycles. The Morgan fingerprint density at radius 1 is 1.19 bits per heavy atom. The molecule has 4 heteroatoms. The van der Waals surface area contributed by atoms with Gasteiger partial charge in [0.15, 0.2) is 0 Å². The quantitative estimate of drug-likeness (QED) is 0.844. The molecular weight excluding hydrogens is 264 g/mol. The number of pyridine rings is 1. The van der Waals surface area contributed by atoms with Gasteiger partial charge in [-0.15, -0.1) is 0 Å². The van der Waals surface area contributed by atoms with Crippen molar-refractivity contribution in [3.63, 3.8) is 0 Å². The molecule has 0 fully saturated rings. The average molecular weight is 286 g/mol. The molecule has 0 bridgehead atoms. The first-order valence-corrected chi connectivity index (χ1v) is 7.14. The van der Waals surface area contributed by atoms with E-state index in [0.29, 0.717) is 5.92 Å². The van der Waals surface area contributed by atoms with Gasteiger partial charge in [0.2, 0.25) is 0 Å². The van der Waals surface area contributed by atoms with Gasteiger partial charge in [-0.3, -0.25) is 4.98 Å². The van der Waals surface area contributed by atoms with Crippen molar-refractivity contribution in [1.82, 2.24) is 10.3 Å². The van der Waals surface area contributed by atoms with Gasteiger partial charge in [0.05, 0.1) is 13.3 Å². The zero-order valence-corrected chi connectivity index (χ0v) is 12.8. The van der Waals surface area contributed by atoms with E-state index in [4.69, 9.17) is 9.47 Å². The Morgan fingerprint density at radius 3 is 2.76 bits per heavy atom. The minimum Gasteiger partial charge on any atom is -0.497 e. The molecule has 4 nitrogen and oxygen atoms in total. The number of aromatic nitrogens is 1. The van der Waals surface area contributed by atoms with Crippen LogP contribution in [0.2, 0.25) is 0 Å². The summed E-state index contributed by atoms with van der Waals surface area (Å²) in [4.78, 5) is 4.14. The van der Waals surface area contributed by atoms with Crippen molar-refractivity contribution in [3.05, 3.63) is 48.3 Å². The van der Waals surface area contributed by atoms with E-state index >= 15 is 0 Å². The van der Waals surface area contributed by atoms with Crippen LogP contribution in [0, 0.1) is 5.92 Å². The van der Waals surface area contributed by atoms with E-state index in [1.165, 1.54) is 0 Å². The molecule has 0 aliphatic rings. The fourth-order valence-corrected chi connectivity index (χ4v) is 1.93. The Kier molecular flexibility index (Phi) is 5.58. The highest BCUT2D eigenvalue weighted by Crippen LogP contribution is 2.27. The second-order valence-corrected chi connectivity index (χ2v) is 5.29. The molecule has 1 aromatic heterocycles. The summed E-state index contributed by atoms with van der Waals surface area (Å²) >= 11 is 0. The Labute approximate surface area is 126 Å². The first-order valence-electron chi connectivity index (χ1n) is 7.14. The van der Waals surface area contributed by atoms with Gasteiger partial charge in [-0.1, -0.05) is 19.9 Å². The molecule has 1 aromatic carbocycles. The fourth-order valence-electron chi connectivity index (χ4n) is 1.93. The molecule has 2 aromatic rings. The van der Waals surface area contributed by atoms with Gasteiger partial charge in [-0.2, -0.15) is 0 Å². The summed E-state index contributed by atoms with van der Waals surface area (Å²) in [7, 11) is 1.64. The van der Waals surface area contributed by atoms with E-state index < -0.39 is 0 Å². The minimum atomic E-state index is 0.620. The fraction of sp³-hybridized carbons (Fsp3) is 0.353. The third kappa shape index (κ3) is 4.76. The van der Waals surface area contributed by atoms with Crippen molar-refractivity contribution in [3.8, 4) is 17.2 Å². The van der Waals surface area contributed by atoms with Gasteiger partial charge in [0.1, 0.15) is 17.2 Å². The number of ether oxygens (including phenoxy) is 2. The van der Waals surface area contributed by atoms with Gasteiger partial charge in [0, 0.05) is 24.4 Å². The molecule has 0 unspecified atom stereocenters. The average Bonchev–Trinajstić information content (AvgIpc) is 2.49. The maximum atomic E-state index is 5.93. The van der Waals surface area contributed by atoms with Crippen LogP contribution in [0.4, 0.5) is 0 Å². The molecule has 1 heterocycles. The predicted octanol–water partition coefficient (Wildman–Crippen LogP) is 3.63. The maximum absolute atomic E-state index is 5.93. The molecule has 2 rings (SSSR count). The molecule has 0 radical (unpaired) electrons. The zero-order chi connectivity index (χ0) is 15.1. The summed E-state index contributed by atoms with van der Waals surface area (Å²) in [5.74, 6) is 2.90. The Bertz CT molecular complexity index is 570. The van der Waals surface area contributed by atoms with Crippen molar-refractivity contribution >= 4 is 0 Å². The SMILES string of the molecule is COc1cccc(Oc2cnccc2CNCC(C)C)c1. The molecule has 1 N–H and O–H groups in total. The molecule has 0 atom stereocenters. The van der Waals surface area contributed by atoms with E-state index in [1.54, 1.807) is 19.5 Å². The van der Waals surface area contributed by atoms with Crippen molar-refractivity contribution in [2.24, 2.45) is 5.92 Å². The second-order valence-electron chi connectivity index (χ2n) is 5.29. The van der Waals surface area contributed by atoms with Crippen LogP contribution < -0.4 is 14.8 Å². The normalized spacial score (nSPS) is 10.7. The number of benzene rings is 1. The monoisotopic (exact) mass is 286 g/mol. The van der Waals surface area contributed by atoms with Gasteiger partial charge in [0.25, 0.3) is 0 Å². The van der Waals surface area contributed by atoms with Crippen molar-refractivity contribution in [2.75, 3.05) is 13.7 Å². The van der Waals surface area contributed by atoms with E-state index in [2.05, 4.69) is 24.1 Å². The highest BCUT2D eigenvalue weighted by atomic mass is 16.5. The van der Waals surface area contributed by atoms with Crippen LogP contribution in [-0.4, -0.2) is 18.6 Å². The third-order valence-corrected chi connectivity index (χ3v) is 3.01. The molecule has 0 aliphatic heterocycles. The van der Waals surface area contributed by atoms with E-state index in [-0.39, 0.29) is 0 Å². The van der Waals surface area contributed by atoms with Crippen LogP contribution >= 0.6 is 0 Å². The van der Waals surface area contributed by atoms with Gasteiger partial charge in [-0.25, -0.2) is 0 Å². The minimum absolute atomic E-state index is 0.620. The summed E-state index contributed by atoms with van der Waals surface area (Å²) < 4.78 is 11.1. The number of hydrogen-bond acceptors (Lipinski definition) is 4. The molecule has 0 saturated heterocycles. The smallest absolute Gasteiger partial charge is 0.150 e. The van der Waals surface area contributed by atoms with Gasteiger partial charge >= 0.3 is 0 Å². The van der Waals surface area contributed by atoms with E-state index in [1.807, 2.05) is 30.3 Å². The van der Waals surface area contributed by atoms with E-state index in [0.717, 1.165) is 35.9 Å². The second kappa shape index (κ2) is 7.64. The molecule has 0 saturated carbocycles. The summed E-state index contributed by atoms with van der Waals surface area (Å²) in [5.41, 5.74) is 1.09. The summed E-state index contributed by atoms with van der Waals surface area (Å²) in [5, 5.41) is 3.42. The molecule has 112 valence electrons. The highest BCUT2D eigenvalue weighted by Gasteiger charge is 2.06. The van der Waals surface area contributed by atoms with Gasteiger partial charge < -0.3 is 14.8 Å². The molecular formula is C17H22N2O2. The Balaban J connectivity index is 2.08. The standard InChI is InChI=1S/C17H22N2O2/c1-13(2)10-19-11-14-7-8-18-12-17(14)21-16-6-4-5-15(9-16)20-3/h4-9,12-13,19H,10-11H2,1-3H3. The summed E-state index contributed by atoms with van der Waals surface area (Å²) in [6.07, 6.45) is 3.52. The lowest BCUT2D eigenvalue weighted by Gasteiger charge is -2.13. The van der Waals surface area contributed by atoms with Crippen LogP contribution in [0.3, 0.4) is 0 Å². The number of hydrogen-bond donors (Lipinski definition) is 1. The highest BCUT2D eigenvalue weighted by molar-refractivity contribution is 5.38. The van der Waals surface area contributed by atoms with Crippen LogP contribution in [0.5, 0.6) is 17.2 Å². The Morgan fingerprint density at radius 2 is 2.00 bits per heavy atom. The lowest BCUT2D eigenvalue weighted by Crippen LogP contribution is -2.19. The largest absolute Gasteiger partial charge is 0.497 e. The molecule has 0 spiro atoms. The molecule has 0 amide bonds. The summed E-state index contributed by atoms with van der Waals surface area (Å²) in [6, 6.07) is 9.53. The van der Waals surface area contributed by atoms with Crippen molar-refractivity contribution < 1.29 is 9.47 Å². The lowest BCUT2D eigenvalue weighted by molar-refractivity contribution is 0.408. The van der Waals surface area contributed by atoms with E-state index in [9.17, 15) is 0 Å². The predicted molar refractivity (Wildman–Crippen MR) is 83.8 cm³/mol. The Hall–Kier alpha value is -2.07. The third-order valence-electron chi connectivity index (χ3n) is 3.01. The number of rotatable bonds is 7. The first-order chi connectivity index (χ1) is 10.2. The van der Waals surface area contributed by atoms with Crippen LogP contribution in [0.15, 0.2) is 42.7 Å². The zero-order valence-electron chi connectivity index (χ0n) is 12.8. The van der Waals surface area contributed by atoms with Crippen molar-refractivity contribution in [2.45, 2.75) is 20.4 Å². The number of methoxy groups -OCH3 is 1.